The molecule has 0 amide bonds. The van der Waals surface area contributed by atoms with Crippen molar-refractivity contribution in [3.05, 3.63) is 0 Å². The monoisotopic (exact) mass is 232 g/mol. The molecule has 1 atom stereocenters. The van der Waals surface area contributed by atoms with E-state index in [0.717, 1.165) is 38.5 Å². The van der Waals surface area contributed by atoms with Crippen LogP contribution in [0.25, 0.3) is 0 Å². The average molecular weight is 232 g/mol. The van der Waals surface area contributed by atoms with E-state index in [4.69, 9.17) is 13.9 Å². The first-order valence-electron chi connectivity index (χ1n) is 5.97. The van der Waals surface area contributed by atoms with Crippen LogP contribution in [0, 0.1) is 0 Å². The van der Waals surface area contributed by atoms with Gasteiger partial charge in [-0.05, 0) is 25.4 Å². The minimum Gasteiger partial charge on any atom is -0.414 e. The number of rotatable bonds is 5. The summed E-state index contributed by atoms with van der Waals surface area (Å²) >= 11 is 0. The maximum Gasteiger partial charge on any atom is 0.253 e. The number of hydrogen-bond donors (Lipinski definition) is 0. The molecule has 1 saturated heterocycles. The molecule has 0 spiro atoms. The van der Waals surface area contributed by atoms with Gasteiger partial charge in [-0.25, -0.2) is 0 Å². The SMILES string of the molecule is CCC[Si](C)(OC)C1(CC)OCCCO1. The molecule has 1 heterocycles. The second-order valence-corrected chi connectivity index (χ2v) is 8.47. The first kappa shape index (κ1) is 13.2. The topological polar surface area (TPSA) is 27.7 Å². The molecule has 0 aromatic heterocycles. The molecule has 15 heavy (non-hydrogen) atoms. The van der Waals surface area contributed by atoms with Crippen LogP contribution in [0.5, 0.6) is 0 Å². The first-order valence-corrected chi connectivity index (χ1v) is 8.58. The summed E-state index contributed by atoms with van der Waals surface area (Å²) in [6.07, 6.45) is 3.02. The van der Waals surface area contributed by atoms with Gasteiger partial charge >= 0.3 is 0 Å². The Morgan fingerprint density at radius 1 is 1.27 bits per heavy atom. The smallest absolute Gasteiger partial charge is 0.253 e. The lowest BCUT2D eigenvalue weighted by Crippen LogP contribution is -2.62. The predicted octanol–water partition coefficient (Wildman–Crippen LogP) is 2.70. The van der Waals surface area contributed by atoms with Gasteiger partial charge in [-0.15, -0.1) is 0 Å². The van der Waals surface area contributed by atoms with Gasteiger partial charge in [0, 0.05) is 7.11 Å². The Morgan fingerprint density at radius 3 is 2.27 bits per heavy atom. The lowest BCUT2D eigenvalue weighted by Gasteiger charge is -2.46. The fourth-order valence-corrected chi connectivity index (χ4v) is 5.80. The third-order valence-corrected chi connectivity index (χ3v) is 8.02. The van der Waals surface area contributed by atoms with Crippen LogP contribution in [0.4, 0.5) is 0 Å². The maximum absolute atomic E-state index is 5.94. The first-order chi connectivity index (χ1) is 7.14. The quantitative estimate of drug-likeness (QED) is 0.682. The fourth-order valence-electron chi connectivity index (χ4n) is 2.38. The molecule has 1 aliphatic rings. The van der Waals surface area contributed by atoms with Gasteiger partial charge in [0.1, 0.15) is 0 Å². The summed E-state index contributed by atoms with van der Waals surface area (Å²) in [5, 5.41) is 0. The molecule has 3 nitrogen and oxygen atoms in total. The summed E-state index contributed by atoms with van der Waals surface area (Å²) in [5.41, 5.74) is -0.407. The minimum atomic E-state index is -1.92. The molecule has 0 aromatic carbocycles. The molecule has 0 saturated carbocycles. The van der Waals surface area contributed by atoms with Crippen molar-refractivity contribution in [1.29, 1.82) is 0 Å². The van der Waals surface area contributed by atoms with Crippen LogP contribution in [0.3, 0.4) is 0 Å². The van der Waals surface area contributed by atoms with E-state index in [1.54, 1.807) is 7.11 Å². The van der Waals surface area contributed by atoms with Crippen molar-refractivity contribution >= 4 is 8.32 Å². The third-order valence-electron chi connectivity index (χ3n) is 3.41. The zero-order valence-corrected chi connectivity index (χ0v) is 11.5. The van der Waals surface area contributed by atoms with Crippen molar-refractivity contribution in [2.45, 2.75) is 51.1 Å². The predicted molar refractivity (Wildman–Crippen MR) is 63.3 cm³/mol. The van der Waals surface area contributed by atoms with Crippen molar-refractivity contribution in [2.75, 3.05) is 20.3 Å². The highest BCUT2D eigenvalue weighted by molar-refractivity contribution is 6.75. The highest BCUT2D eigenvalue weighted by Crippen LogP contribution is 2.36. The van der Waals surface area contributed by atoms with Gasteiger partial charge in [-0.1, -0.05) is 20.3 Å². The molecule has 90 valence electrons. The van der Waals surface area contributed by atoms with Gasteiger partial charge in [-0.2, -0.15) is 0 Å². The van der Waals surface area contributed by atoms with Crippen molar-refractivity contribution in [1.82, 2.24) is 0 Å². The summed E-state index contributed by atoms with van der Waals surface area (Å²) in [7, 11) is -0.111. The normalized spacial score (nSPS) is 24.8. The van der Waals surface area contributed by atoms with Crippen LogP contribution in [-0.4, -0.2) is 34.1 Å². The zero-order valence-electron chi connectivity index (χ0n) is 10.5. The van der Waals surface area contributed by atoms with Gasteiger partial charge in [0.15, 0.2) is 5.41 Å². The van der Waals surface area contributed by atoms with Crippen LogP contribution in [-0.2, 0) is 13.9 Å². The molecule has 1 fully saturated rings. The van der Waals surface area contributed by atoms with Gasteiger partial charge < -0.3 is 13.9 Å². The Balaban J connectivity index is 2.84. The lowest BCUT2D eigenvalue weighted by molar-refractivity contribution is -0.228. The molecule has 1 aliphatic heterocycles. The van der Waals surface area contributed by atoms with Crippen LogP contribution in [0.2, 0.25) is 12.6 Å². The molecule has 0 bridgehead atoms. The van der Waals surface area contributed by atoms with Crippen molar-refractivity contribution < 1.29 is 13.9 Å². The largest absolute Gasteiger partial charge is 0.414 e. The summed E-state index contributed by atoms with van der Waals surface area (Å²) in [5.74, 6) is 0. The van der Waals surface area contributed by atoms with Crippen LogP contribution in [0.1, 0.15) is 33.1 Å². The number of ether oxygens (including phenoxy) is 2. The Morgan fingerprint density at radius 2 is 1.87 bits per heavy atom. The lowest BCUT2D eigenvalue weighted by atomic mass is 10.4. The molecule has 4 heteroatoms. The van der Waals surface area contributed by atoms with Crippen molar-refractivity contribution in [3.8, 4) is 0 Å². The van der Waals surface area contributed by atoms with Gasteiger partial charge in [-0.3, -0.25) is 0 Å². The van der Waals surface area contributed by atoms with Gasteiger partial charge in [0.2, 0.25) is 0 Å². The molecule has 0 radical (unpaired) electrons. The average Bonchev–Trinajstić information content (AvgIpc) is 2.30. The zero-order chi connectivity index (χ0) is 11.4. The third kappa shape index (κ3) is 2.44. The molecule has 0 aliphatic carbocycles. The molecule has 0 N–H and O–H groups in total. The van der Waals surface area contributed by atoms with E-state index < -0.39 is 13.7 Å². The Hall–Kier alpha value is 0.0969. The number of hydrogen-bond acceptors (Lipinski definition) is 3. The summed E-state index contributed by atoms with van der Waals surface area (Å²) < 4.78 is 17.7. The van der Waals surface area contributed by atoms with E-state index in [9.17, 15) is 0 Å². The van der Waals surface area contributed by atoms with Crippen LogP contribution >= 0.6 is 0 Å². The Bertz CT molecular complexity index is 192. The molecule has 1 unspecified atom stereocenters. The molecular weight excluding hydrogens is 208 g/mol. The van der Waals surface area contributed by atoms with Crippen molar-refractivity contribution in [3.63, 3.8) is 0 Å². The van der Waals surface area contributed by atoms with Crippen LogP contribution in [0.15, 0.2) is 0 Å². The Kier molecular flexibility index (Phi) is 4.77. The maximum atomic E-state index is 5.94. The molecule has 1 rings (SSSR count). The van der Waals surface area contributed by atoms with Gasteiger partial charge in [0.25, 0.3) is 8.32 Å². The molecular formula is C11H24O3Si. The highest BCUT2D eigenvalue weighted by atomic mass is 28.4. The van der Waals surface area contributed by atoms with Crippen LogP contribution < -0.4 is 0 Å². The van der Waals surface area contributed by atoms with E-state index in [1.165, 1.54) is 0 Å². The highest BCUT2D eigenvalue weighted by Gasteiger charge is 2.53. The van der Waals surface area contributed by atoms with E-state index in [0.29, 0.717) is 0 Å². The summed E-state index contributed by atoms with van der Waals surface area (Å²) in [6, 6.07) is 1.09. The summed E-state index contributed by atoms with van der Waals surface area (Å²) in [6.45, 7) is 8.17. The second kappa shape index (κ2) is 5.43. The van der Waals surface area contributed by atoms with E-state index in [-0.39, 0.29) is 0 Å². The van der Waals surface area contributed by atoms with E-state index in [1.807, 2.05) is 0 Å². The van der Waals surface area contributed by atoms with E-state index in [2.05, 4.69) is 20.4 Å². The summed E-state index contributed by atoms with van der Waals surface area (Å²) in [4.78, 5) is 0. The van der Waals surface area contributed by atoms with Crippen molar-refractivity contribution in [2.24, 2.45) is 0 Å². The van der Waals surface area contributed by atoms with Gasteiger partial charge in [0.05, 0.1) is 13.2 Å². The minimum absolute atomic E-state index is 0.407. The molecule has 0 aromatic rings. The Labute approximate surface area is 94.2 Å². The standard InChI is InChI=1S/C11H24O3Si/c1-5-10-15(4,12-3)11(6-2)13-8-7-9-14-11/h5-10H2,1-4H3. The fraction of sp³-hybridized carbons (Fsp3) is 1.00. The second-order valence-electron chi connectivity index (χ2n) is 4.34. The van der Waals surface area contributed by atoms with E-state index >= 15 is 0 Å².